The Bertz CT molecular complexity index is 3290. The molecule has 2 aromatic rings. The number of hydrogen-bond acceptors (Lipinski definition) is 18. The smallest absolute Gasteiger partial charge is 0.410 e. The van der Waals surface area contributed by atoms with Gasteiger partial charge in [0.2, 0.25) is 35.4 Å². The molecule has 26 nitrogen and oxygen atoms in total. The van der Waals surface area contributed by atoms with Gasteiger partial charge in [-0.2, -0.15) is 0 Å². The number of carbonyl (C=O) groups excluding carboxylic acids is 12. The van der Waals surface area contributed by atoms with Crippen molar-refractivity contribution in [3.05, 3.63) is 71.3 Å². The molecular weight excluding hydrogens is 1450 g/mol. The molecule has 0 aliphatic carbocycles. The largest absolute Gasteiger partial charge is 0.481 e. The van der Waals surface area contributed by atoms with E-state index in [1.165, 1.54) is 35.8 Å². The number of ketones is 4. The van der Waals surface area contributed by atoms with Crippen molar-refractivity contribution >= 4 is 88.4 Å². The van der Waals surface area contributed by atoms with Crippen LogP contribution in [0.15, 0.2) is 54.6 Å². The molecule has 2 fully saturated rings. The van der Waals surface area contributed by atoms with Crippen molar-refractivity contribution in [1.29, 1.82) is 0 Å². The number of likely N-dealkylation sites (N-methyl/N-ethyl adjacent to an activating group) is 2. The molecule has 2 saturated heterocycles. The number of carbonyl (C=O) groups is 13. The number of carboxylic acid groups (broad SMARTS) is 1. The lowest BCUT2D eigenvalue weighted by atomic mass is 9.83. The first-order valence-electron chi connectivity index (χ1n) is 40.9. The van der Waals surface area contributed by atoms with E-state index in [2.05, 4.69) is 16.0 Å². The fourth-order valence-corrected chi connectivity index (χ4v) is 16.1. The third kappa shape index (κ3) is 33.8. The molecule has 2 heterocycles. The first-order chi connectivity index (χ1) is 53.2. The van der Waals surface area contributed by atoms with Crippen LogP contribution in [0.4, 0.5) is 9.59 Å². The molecule has 4 rings (SSSR count). The molecular formula is C85H137N9O17S. The van der Waals surface area contributed by atoms with Gasteiger partial charge < -0.3 is 61.4 Å². The molecule has 112 heavy (non-hydrogen) atoms. The summed E-state index contributed by atoms with van der Waals surface area (Å²) in [6, 6.07) is 13.8. The minimum atomic E-state index is -1.04. The van der Waals surface area contributed by atoms with Crippen LogP contribution >= 0.6 is 11.8 Å². The number of imide groups is 1. The topological polar surface area (TPSA) is 371 Å². The SMILES string of the molecule is CCC(=O)[C@H](CCCNC(N)=O)CC(=O)[C@@H](NC(=O)CCCCCN1C(=O)CC(SCCCCCC(=O)NCCCCCN)C1=O)C(C)C.CC[C@H](C)[C@@H]([C@@H](CC(=O)N1CCC[C@H]1[C@H](OC)[C@@H](C)C(=O)C[C@@H](Cc1ccccc1)C(=O)O)OC)N(C)C(=O)[C@@H](CC(=O)[C@H](C(C)C)N(C)C(=O)OCc1ccc(C)cc1)C(C)C. The number of nitrogens with zero attached hydrogens (tertiary/aromatic N) is 4. The number of aryl methyl sites for hydroxylation is 1. The number of nitrogens with one attached hydrogen (secondary N) is 3. The van der Waals surface area contributed by atoms with Crippen molar-refractivity contribution in [3.63, 3.8) is 0 Å². The van der Waals surface area contributed by atoms with Crippen molar-refractivity contribution in [3.8, 4) is 0 Å². The van der Waals surface area contributed by atoms with Crippen molar-refractivity contribution in [2.75, 3.05) is 66.8 Å². The maximum Gasteiger partial charge on any atom is 0.410 e. The van der Waals surface area contributed by atoms with Gasteiger partial charge in [-0.15, -0.1) is 11.8 Å². The predicted molar refractivity (Wildman–Crippen MR) is 435 cm³/mol. The van der Waals surface area contributed by atoms with Gasteiger partial charge in [0.15, 0.2) is 11.6 Å². The van der Waals surface area contributed by atoms with E-state index in [9.17, 15) is 67.4 Å². The van der Waals surface area contributed by atoms with Crippen molar-refractivity contribution < 1.29 is 81.6 Å². The average Bonchev–Trinajstić information content (AvgIpc) is 1.31. The molecule has 12 atom stereocenters. The fraction of sp³-hybridized carbons (Fsp3) is 0.706. The van der Waals surface area contributed by atoms with Crippen LogP contribution in [0.5, 0.6) is 0 Å². The van der Waals surface area contributed by atoms with Crippen LogP contribution in [0.2, 0.25) is 0 Å². The maximum absolute atomic E-state index is 14.6. The summed E-state index contributed by atoms with van der Waals surface area (Å²) in [5, 5.41) is 17.9. The van der Waals surface area contributed by atoms with Gasteiger partial charge in [-0.05, 0) is 125 Å². The number of thioether (sulfide) groups is 1. The Balaban J connectivity index is 0.000000600. The number of methoxy groups -OCH3 is 2. The summed E-state index contributed by atoms with van der Waals surface area (Å²) in [6.45, 7) is 23.3. The Morgan fingerprint density at radius 1 is 0.670 bits per heavy atom. The lowest BCUT2D eigenvalue weighted by Crippen LogP contribution is -2.54. The number of likely N-dealkylation sites (tertiary alicyclic amines) is 2. The fourth-order valence-electron chi connectivity index (χ4n) is 15.0. The highest BCUT2D eigenvalue weighted by atomic mass is 32.2. The first kappa shape index (κ1) is 98.6. The molecule has 0 spiro atoms. The summed E-state index contributed by atoms with van der Waals surface area (Å²) in [7, 11) is 6.31. The minimum Gasteiger partial charge on any atom is -0.481 e. The van der Waals surface area contributed by atoms with E-state index in [-0.39, 0.29) is 139 Å². The van der Waals surface area contributed by atoms with Gasteiger partial charge in [0.25, 0.3) is 0 Å². The van der Waals surface area contributed by atoms with Gasteiger partial charge in [0.05, 0.1) is 54.0 Å². The van der Waals surface area contributed by atoms with Crippen LogP contribution in [0, 0.1) is 54.3 Å². The van der Waals surface area contributed by atoms with Crippen LogP contribution in [-0.4, -0.2) is 210 Å². The number of benzene rings is 2. The molecule has 0 bridgehead atoms. The van der Waals surface area contributed by atoms with E-state index in [0.717, 1.165) is 61.0 Å². The number of carboxylic acids is 1. The number of urea groups is 1. The van der Waals surface area contributed by atoms with Gasteiger partial charge in [-0.25, -0.2) is 9.59 Å². The van der Waals surface area contributed by atoms with Crippen LogP contribution in [-0.2, 0) is 80.0 Å². The predicted octanol–water partition coefficient (Wildman–Crippen LogP) is 11.0. The monoisotopic (exact) mass is 1590 g/mol. The normalized spacial score (nSPS) is 16.9. The minimum absolute atomic E-state index is 0.0266. The highest BCUT2D eigenvalue weighted by Crippen LogP contribution is 2.33. The zero-order valence-corrected chi connectivity index (χ0v) is 70.7. The third-order valence-electron chi connectivity index (χ3n) is 21.8. The van der Waals surface area contributed by atoms with Crippen LogP contribution in [0.3, 0.4) is 0 Å². The second-order valence-corrected chi connectivity index (χ2v) is 32.8. The lowest BCUT2D eigenvalue weighted by molar-refractivity contribution is -0.149. The summed E-state index contributed by atoms with van der Waals surface area (Å²) in [5.74, 6) is -5.38. The van der Waals surface area contributed by atoms with Gasteiger partial charge >= 0.3 is 18.1 Å². The second-order valence-electron chi connectivity index (χ2n) is 31.5. The number of ether oxygens (including phenoxy) is 3. The molecule has 0 saturated carbocycles. The lowest BCUT2D eigenvalue weighted by Gasteiger charge is -2.41. The molecule has 2 aliphatic heterocycles. The van der Waals surface area contributed by atoms with E-state index in [1.807, 2.05) is 117 Å². The number of Topliss-reactive ketones (excluding diaryl/α,β-unsaturated/α-hetero) is 4. The summed E-state index contributed by atoms with van der Waals surface area (Å²) >= 11 is 1.51. The molecule has 1 unspecified atom stereocenters. The first-order valence-corrected chi connectivity index (χ1v) is 41.9. The Morgan fingerprint density at radius 3 is 1.89 bits per heavy atom. The van der Waals surface area contributed by atoms with E-state index in [1.54, 1.807) is 37.7 Å². The third-order valence-corrected chi connectivity index (χ3v) is 23.1. The van der Waals surface area contributed by atoms with Crippen molar-refractivity contribution in [2.24, 2.45) is 58.8 Å². The van der Waals surface area contributed by atoms with Crippen LogP contribution < -0.4 is 27.4 Å². The molecule has 0 aromatic heterocycles. The molecule has 9 amide bonds. The number of aliphatic carboxylic acids is 1. The zero-order chi connectivity index (χ0) is 83.7. The Kier molecular flexibility index (Phi) is 46.4. The highest BCUT2D eigenvalue weighted by molar-refractivity contribution is 8.00. The van der Waals surface area contributed by atoms with Crippen molar-refractivity contribution in [2.45, 2.75) is 272 Å². The van der Waals surface area contributed by atoms with E-state index in [4.69, 9.17) is 25.7 Å². The van der Waals surface area contributed by atoms with Gasteiger partial charge in [0.1, 0.15) is 18.2 Å². The summed E-state index contributed by atoms with van der Waals surface area (Å²) in [4.78, 5) is 175. The number of unbranched alkanes of at least 4 members (excludes halogenated alkanes) is 6. The van der Waals surface area contributed by atoms with Gasteiger partial charge in [-0.3, -0.25) is 57.6 Å². The highest BCUT2D eigenvalue weighted by Gasteiger charge is 2.45. The summed E-state index contributed by atoms with van der Waals surface area (Å²) in [6.07, 6.45) is 9.46. The Labute approximate surface area is 671 Å². The average molecular weight is 1590 g/mol. The Morgan fingerprint density at radius 2 is 1.30 bits per heavy atom. The number of rotatable bonds is 54. The van der Waals surface area contributed by atoms with Gasteiger partial charge in [-0.1, -0.05) is 155 Å². The van der Waals surface area contributed by atoms with Gasteiger partial charge in [0, 0.05) is 117 Å². The standard InChI is InChI=1S/C50H75N3O10.C35H62N6O7S/c1-13-34(7)46(51(9)48(57)39(31(2)3)28-42(55)45(32(4)5)52(10)50(60)63-30-37-23-21-33(6)22-24-37)43(61-11)29-44(56)53-25-17-20-40(53)47(62-12)35(8)41(54)27-38(49(58)59)26-36-18-15-14-16-19-36;1-4-27(42)26(15-14-20-39-35(37)48)23-28(43)33(25(2)3)40-31(45)17-8-5-12-21-41-32(46)24-29(34(41)47)49-22-13-6-9-16-30(44)38-19-11-7-10-18-36/h14-16,18-19,21-24,31-32,34-35,38-40,43,45-47H,13,17,20,25-30H2,1-12H3,(H,58,59);25-26,29,33H,4-24,36H2,1-3H3,(H,38,44)(H,40,45)(H3,37,39,48)/t34-,35-,38+,39-,40-,43+,45-,46-,47+;26-,29?,33+/m01/s1. The molecule has 8 N–H and O–H groups in total. The zero-order valence-electron chi connectivity index (χ0n) is 69.9. The summed E-state index contributed by atoms with van der Waals surface area (Å²) < 4.78 is 17.6. The summed E-state index contributed by atoms with van der Waals surface area (Å²) in [5.41, 5.74) is 13.3. The van der Waals surface area contributed by atoms with Crippen LogP contribution in [0.25, 0.3) is 0 Å². The molecule has 0 radical (unpaired) electrons. The number of amides is 9. The van der Waals surface area contributed by atoms with E-state index < -0.39 is 78.1 Å². The molecule has 27 heteroatoms. The second kappa shape index (κ2) is 52.7. The van der Waals surface area contributed by atoms with Crippen molar-refractivity contribution in [1.82, 2.24) is 35.6 Å². The molecule has 2 aromatic carbocycles. The Hall–Kier alpha value is -7.62. The molecule has 630 valence electrons. The van der Waals surface area contributed by atoms with E-state index >= 15 is 0 Å². The number of primary amides is 1. The van der Waals surface area contributed by atoms with Crippen LogP contribution in [0.1, 0.15) is 227 Å². The number of nitrogens with two attached hydrogens (primary N) is 2. The maximum atomic E-state index is 14.6. The molecule has 2 aliphatic rings. The quantitative estimate of drug-likeness (QED) is 0.0265. The van der Waals surface area contributed by atoms with E-state index in [0.29, 0.717) is 96.9 Å². The number of hydrogen-bond donors (Lipinski definition) is 6.